The van der Waals surface area contributed by atoms with Crippen LogP contribution in [0.25, 0.3) is 6.08 Å². The van der Waals surface area contributed by atoms with Gasteiger partial charge in [-0.25, -0.2) is 0 Å². The van der Waals surface area contributed by atoms with Gasteiger partial charge in [-0.1, -0.05) is 49.8 Å². The molecule has 0 saturated heterocycles. The van der Waals surface area contributed by atoms with E-state index in [2.05, 4.69) is 0 Å². The van der Waals surface area contributed by atoms with Gasteiger partial charge in [0, 0.05) is 11.8 Å². The quantitative estimate of drug-likeness (QED) is 0.840. The average Bonchev–Trinajstić information content (AvgIpc) is 2.42. The zero-order valence-corrected chi connectivity index (χ0v) is 12.6. The number of aryl methyl sites for hydroxylation is 1. The van der Waals surface area contributed by atoms with E-state index in [1.54, 1.807) is 13.0 Å². The molecule has 0 fully saturated rings. The van der Waals surface area contributed by atoms with Crippen molar-refractivity contribution in [1.29, 1.82) is 0 Å². The predicted octanol–water partition coefficient (Wildman–Crippen LogP) is 2.69. The highest BCUT2D eigenvalue weighted by atomic mass is 16.3. The van der Waals surface area contributed by atoms with E-state index in [0.29, 0.717) is 0 Å². The summed E-state index contributed by atoms with van der Waals surface area (Å²) >= 11 is 0. The van der Waals surface area contributed by atoms with Crippen molar-refractivity contribution in [3.05, 3.63) is 41.0 Å². The molecule has 3 heteroatoms. The summed E-state index contributed by atoms with van der Waals surface area (Å²) in [5.74, 6) is -0.544. The summed E-state index contributed by atoms with van der Waals surface area (Å²) in [6, 6.07) is 5.99. The summed E-state index contributed by atoms with van der Waals surface area (Å²) in [6.45, 7) is 7.15. The molecule has 0 unspecified atom stereocenters. The Balaban J connectivity index is 3.11. The van der Waals surface area contributed by atoms with E-state index in [1.807, 2.05) is 38.1 Å². The Morgan fingerprint density at radius 3 is 2.55 bits per heavy atom. The van der Waals surface area contributed by atoms with Crippen LogP contribution in [0.3, 0.4) is 0 Å². The zero-order valence-electron chi connectivity index (χ0n) is 12.6. The molecule has 0 bridgehead atoms. The molecule has 0 amide bonds. The van der Waals surface area contributed by atoms with Gasteiger partial charge in [-0.05, 0) is 25.0 Å². The van der Waals surface area contributed by atoms with Crippen molar-refractivity contribution < 1.29 is 15.0 Å². The fraction of sp³-hybridized carbons (Fsp3) is 0.471. The van der Waals surface area contributed by atoms with Crippen molar-refractivity contribution in [1.82, 2.24) is 0 Å². The van der Waals surface area contributed by atoms with Gasteiger partial charge < -0.3 is 10.2 Å². The Labute approximate surface area is 121 Å². The lowest BCUT2D eigenvalue weighted by Gasteiger charge is -2.25. The fourth-order valence-corrected chi connectivity index (χ4v) is 2.29. The van der Waals surface area contributed by atoms with Crippen molar-refractivity contribution in [3.8, 4) is 0 Å². The molecule has 2 N–H and O–H groups in total. The summed E-state index contributed by atoms with van der Waals surface area (Å²) in [4.78, 5) is 11.4. The fourth-order valence-electron chi connectivity index (χ4n) is 2.29. The average molecular weight is 276 g/mol. The van der Waals surface area contributed by atoms with Crippen LogP contribution in [0.2, 0.25) is 0 Å². The van der Waals surface area contributed by atoms with Crippen LogP contribution in [0.4, 0.5) is 0 Å². The van der Waals surface area contributed by atoms with Crippen LogP contribution in [-0.2, 0) is 4.79 Å². The zero-order chi connectivity index (χ0) is 15.3. The van der Waals surface area contributed by atoms with Crippen molar-refractivity contribution in [2.24, 2.45) is 5.92 Å². The monoisotopic (exact) mass is 276 g/mol. The number of carbonyl (C=O) groups excluding carboxylic acids is 1. The highest BCUT2D eigenvalue weighted by Crippen LogP contribution is 2.28. The lowest BCUT2D eigenvalue weighted by molar-refractivity contribution is -0.123. The summed E-state index contributed by atoms with van der Waals surface area (Å²) in [5.41, 5.74) is 3.08. The van der Waals surface area contributed by atoms with E-state index in [-0.39, 0.29) is 24.2 Å². The molecule has 0 radical (unpaired) electrons. The summed E-state index contributed by atoms with van der Waals surface area (Å²) in [5, 5.41) is 19.3. The molecule has 110 valence electrons. The molecular formula is C17H24O3. The maximum absolute atomic E-state index is 11.4. The minimum Gasteiger partial charge on any atom is -0.392 e. The second-order valence-corrected chi connectivity index (χ2v) is 5.40. The molecule has 1 rings (SSSR count). The maximum Gasteiger partial charge on any atom is 0.135 e. The Morgan fingerprint density at radius 2 is 2.00 bits per heavy atom. The molecule has 0 aliphatic carbocycles. The Kier molecular flexibility index (Phi) is 6.11. The molecule has 0 spiro atoms. The van der Waals surface area contributed by atoms with Crippen LogP contribution in [0.15, 0.2) is 24.3 Å². The molecule has 0 aliphatic heterocycles. The van der Waals surface area contributed by atoms with Gasteiger partial charge in [0.15, 0.2) is 0 Å². The smallest absolute Gasteiger partial charge is 0.135 e. The van der Waals surface area contributed by atoms with Crippen LogP contribution >= 0.6 is 0 Å². The molecule has 20 heavy (non-hydrogen) atoms. The summed E-state index contributed by atoms with van der Waals surface area (Å²) in [7, 11) is 0. The van der Waals surface area contributed by atoms with Crippen molar-refractivity contribution in [2.75, 3.05) is 6.61 Å². The van der Waals surface area contributed by atoms with Crippen LogP contribution in [0.1, 0.15) is 43.4 Å². The van der Waals surface area contributed by atoms with Gasteiger partial charge >= 0.3 is 0 Å². The number of hydrogen-bond donors (Lipinski definition) is 2. The number of ketones is 1. The van der Waals surface area contributed by atoms with E-state index in [1.165, 1.54) is 6.92 Å². The van der Waals surface area contributed by atoms with Gasteiger partial charge in [0.05, 0.1) is 12.7 Å². The van der Waals surface area contributed by atoms with Gasteiger partial charge in [0.1, 0.15) is 5.78 Å². The summed E-state index contributed by atoms with van der Waals surface area (Å²) < 4.78 is 0. The number of aliphatic hydroxyl groups is 2. The third kappa shape index (κ3) is 4.02. The Hall–Kier alpha value is -1.45. The standard InChI is InChI=1S/C17H24O3/c1-11-7-8-16(15(10-11)6-5-9-18)13(3)17(20)12(2)14(4)19/h5-8,10,12-13,17-18,20H,9H2,1-4H3/b6-5+/t12-,13-,17+/m0/s1. The normalized spacial score (nSPS) is 16.1. The lowest BCUT2D eigenvalue weighted by atomic mass is 9.83. The van der Waals surface area contributed by atoms with Crippen molar-refractivity contribution in [3.63, 3.8) is 0 Å². The molecule has 3 nitrogen and oxygen atoms in total. The second kappa shape index (κ2) is 7.36. The van der Waals surface area contributed by atoms with Gasteiger partial charge in [-0.3, -0.25) is 4.79 Å². The third-order valence-corrected chi connectivity index (χ3v) is 3.80. The molecule has 0 aliphatic rings. The molecule has 0 saturated carbocycles. The van der Waals surface area contributed by atoms with Crippen LogP contribution < -0.4 is 0 Å². The SMILES string of the molecule is CC(=O)[C@H](C)[C@@H](O)[C@@H](C)c1ccc(C)cc1/C=C/CO. The van der Waals surface area contributed by atoms with E-state index in [0.717, 1.165) is 16.7 Å². The number of aliphatic hydroxyl groups excluding tert-OH is 2. The van der Waals surface area contributed by atoms with Crippen LogP contribution in [0.5, 0.6) is 0 Å². The van der Waals surface area contributed by atoms with Gasteiger partial charge in [-0.15, -0.1) is 0 Å². The highest BCUT2D eigenvalue weighted by molar-refractivity contribution is 5.78. The minimum atomic E-state index is -0.712. The molecule has 0 aromatic heterocycles. The lowest BCUT2D eigenvalue weighted by Crippen LogP contribution is -2.29. The maximum atomic E-state index is 11.4. The second-order valence-electron chi connectivity index (χ2n) is 5.40. The first-order chi connectivity index (χ1) is 9.38. The number of Topliss-reactive ketones (excluding diaryl/α,β-unsaturated/α-hetero) is 1. The predicted molar refractivity (Wildman–Crippen MR) is 81.6 cm³/mol. The molecule has 0 heterocycles. The van der Waals surface area contributed by atoms with Crippen molar-refractivity contribution in [2.45, 2.75) is 39.7 Å². The summed E-state index contributed by atoms with van der Waals surface area (Å²) in [6.07, 6.45) is 2.81. The van der Waals surface area contributed by atoms with E-state index in [9.17, 15) is 9.90 Å². The van der Waals surface area contributed by atoms with Gasteiger partial charge in [0.25, 0.3) is 0 Å². The van der Waals surface area contributed by atoms with E-state index in [4.69, 9.17) is 5.11 Å². The highest BCUT2D eigenvalue weighted by Gasteiger charge is 2.26. The van der Waals surface area contributed by atoms with E-state index >= 15 is 0 Å². The van der Waals surface area contributed by atoms with Crippen LogP contribution in [-0.4, -0.2) is 28.7 Å². The van der Waals surface area contributed by atoms with Crippen molar-refractivity contribution >= 4 is 11.9 Å². The third-order valence-electron chi connectivity index (χ3n) is 3.80. The first-order valence-electron chi connectivity index (χ1n) is 6.95. The largest absolute Gasteiger partial charge is 0.392 e. The Bertz CT molecular complexity index is 491. The number of hydrogen-bond acceptors (Lipinski definition) is 3. The number of benzene rings is 1. The first kappa shape index (κ1) is 16.6. The first-order valence-corrected chi connectivity index (χ1v) is 6.95. The molecular weight excluding hydrogens is 252 g/mol. The molecule has 1 aromatic carbocycles. The van der Waals surface area contributed by atoms with Crippen LogP contribution in [0, 0.1) is 12.8 Å². The number of carbonyl (C=O) groups is 1. The van der Waals surface area contributed by atoms with E-state index < -0.39 is 6.10 Å². The minimum absolute atomic E-state index is 0.0103. The van der Waals surface area contributed by atoms with Gasteiger partial charge in [-0.2, -0.15) is 0 Å². The van der Waals surface area contributed by atoms with Gasteiger partial charge in [0.2, 0.25) is 0 Å². The molecule has 1 aromatic rings. The topological polar surface area (TPSA) is 57.5 Å². The Morgan fingerprint density at radius 1 is 1.35 bits per heavy atom. The molecule has 3 atom stereocenters. The number of rotatable bonds is 6.